The van der Waals surface area contributed by atoms with Crippen LogP contribution in [0, 0.1) is 0 Å². The first-order chi connectivity index (χ1) is 9.75. The van der Waals surface area contributed by atoms with Crippen LogP contribution < -0.4 is 16.2 Å². The number of nitrogens with one attached hydrogen (secondary N) is 4. The monoisotopic (exact) mass is 297 g/mol. The maximum atomic E-state index is 11.6. The lowest BCUT2D eigenvalue weighted by atomic mass is 10.4. The number of ether oxygens (including phenoxy) is 1. The first kappa shape index (κ1) is 14.8. The third-order valence-corrected chi connectivity index (χ3v) is 3.20. The Hall–Kier alpha value is -1.64. The van der Waals surface area contributed by atoms with Crippen LogP contribution in [0.3, 0.4) is 0 Å². The number of hydrogen-bond donors (Lipinski definition) is 4. The highest BCUT2D eigenvalue weighted by Gasteiger charge is 2.09. The van der Waals surface area contributed by atoms with E-state index in [0.717, 1.165) is 39.4 Å². The van der Waals surface area contributed by atoms with Gasteiger partial charge >= 0.3 is 0 Å². The Kier molecular flexibility index (Phi) is 5.78. The molecule has 1 aliphatic heterocycles. The van der Waals surface area contributed by atoms with E-state index in [1.807, 2.05) is 0 Å². The van der Waals surface area contributed by atoms with Crippen LogP contribution in [0.4, 0.5) is 0 Å². The van der Waals surface area contributed by atoms with Crippen LogP contribution >= 0.6 is 12.2 Å². The minimum atomic E-state index is -0.257. The van der Waals surface area contributed by atoms with E-state index < -0.39 is 0 Å². The molecule has 20 heavy (non-hydrogen) atoms. The highest BCUT2D eigenvalue weighted by Crippen LogP contribution is 1.94. The van der Waals surface area contributed by atoms with Gasteiger partial charge in [-0.25, -0.2) is 0 Å². The highest BCUT2D eigenvalue weighted by atomic mass is 32.1. The number of hydrazine groups is 1. The number of thiocarbonyl (C=S) groups is 1. The molecule has 0 unspecified atom stereocenters. The minimum absolute atomic E-state index is 0.257. The second-order valence-corrected chi connectivity index (χ2v) is 4.78. The number of hydrogen-bond acceptors (Lipinski definition) is 4. The lowest BCUT2D eigenvalue weighted by molar-refractivity contribution is 0.0389. The average molecular weight is 297 g/mol. The standard InChI is InChI=1S/C12H19N5O2S/c18-11(10-2-1-3-13-10)15-16-12(20)14-4-5-17-6-8-19-9-7-17/h1-3,13H,4-9H2,(H,15,18)(H2,14,16,20). The molecular formula is C12H19N5O2S. The molecular weight excluding hydrogens is 278 g/mol. The summed E-state index contributed by atoms with van der Waals surface area (Å²) in [6.07, 6.45) is 1.69. The molecule has 1 aliphatic rings. The Bertz CT molecular complexity index is 431. The number of carbonyl (C=O) groups excluding carboxylic acids is 1. The van der Waals surface area contributed by atoms with E-state index in [4.69, 9.17) is 17.0 Å². The Balaban J connectivity index is 1.57. The van der Waals surface area contributed by atoms with Crippen molar-refractivity contribution < 1.29 is 9.53 Å². The molecule has 1 aromatic rings. The zero-order valence-corrected chi connectivity index (χ0v) is 12.0. The molecule has 2 rings (SSSR count). The van der Waals surface area contributed by atoms with Gasteiger partial charge in [-0.2, -0.15) is 0 Å². The third kappa shape index (κ3) is 4.80. The molecule has 8 heteroatoms. The van der Waals surface area contributed by atoms with Gasteiger partial charge in [0.25, 0.3) is 5.91 Å². The van der Waals surface area contributed by atoms with Crippen LogP contribution in [-0.4, -0.2) is 60.3 Å². The van der Waals surface area contributed by atoms with E-state index in [2.05, 4.69) is 26.1 Å². The van der Waals surface area contributed by atoms with Gasteiger partial charge in [0.15, 0.2) is 5.11 Å². The van der Waals surface area contributed by atoms with Gasteiger partial charge in [-0.3, -0.25) is 20.5 Å². The molecule has 0 radical (unpaired) electrons. The predicted molar refractivity (Wildman–Crippen MR) is 79.3 cm³/mol. The van der Waals surface area contributed by atoms with Gasteiger partial charge in [-0.1, -0.05) is 0 Å². The molecule has 0 aliphatic carbocycles. The zero-order chi connectivity index (χ0) is 14.2. The van der Waals surface area contributed by atoms with Crippen LogP contribution in [0.15, 0.2) is 18.3 Å². The van der Waals surface area contributed by atoms with Gasteiger partial charge in [0.1, 0.15) is 5.69 Å². The number of carbonyl (C=O) groups is 1. The van der Waals surface area contributed by atoms with Crippen molar-refractivity contribution in [3.8, 4) is 0 Å². The number of amides is 1. The summed E-state index contributed by atoms with van der Waals surface area (Å²) in [5.41, 5.74) is 5.66. The number of nitrogens with zero attached hydrogens (tertiary/aromatic N) is 1. The Morgan fingerprint density at radius 1 is 1.40 bits per heavy atom. The molecule has 2 heterocycles. The van der Waals surface area contributed by atoms with Gasteiger partial charge < -0.3 is 15.0 Å². The lowest BCUT2D eigenvalue weighted by Gasteiger charge is -2.26. The number of morpholine rings is 1. The van der Waals surface area contributed by atoms with Crippen molar-refractivity contribution in [1.29, 1.82) is 0 Å². The van der Waals surface area contributed by atoms with E-state index in [-0.39, 0.29) is 5.91 Å². The van der Waals surface area contributed by atoms with Crippen LogP contribution in [0.5, 0.6) is 0 Å². The maximum absolute atomic E-state index is 11.6. The lowest BCUT2D eigenvalue weighted by Crippen LogP contribution is -2.49. The molecule has 0 saturated carbocycles. The van der Waals surface area contributed by atoms with Crippen molar-refractivity contribution in [2.45, 2.75) is 0 Å². The fraction of sp³-hybridized carbons (Fsp3) is 0.500. The smallest absolute Gasteiger partial charge is 0.286 e. The van der Waals surface area contributed by atoms with Gasteiger partial charge in [0.05, 0.1) is 13.2 Å². The third-order valence-electron chi connectivity index (χ3n) is 2.95. The van der Waals surface area contributed by atoms with E-state index in [1.54, 1.807) is 18.3 Å². The van der Waals surface area contributed by atoms with E-state index in [9.17, 15) is 4.79 Å². The summed E-state index contributed by atoms with van der Waals surface area (Å²) in [5.74, 6) is -0.257. The Morgan fingerprint density at radius 2 is 2.20 bits per heavy atom. The summed E-state index contributed by atoms with van der Waals surface area (Å²) in [6, 6.07) is 3.44. The van der Waals surface area contributed by atoms with Crippen LogP contribution in [0.2, 0.25) is 0 Å². The van der Waals surface area contributed by atoms with Crippen molar-refractivity contribution in [3.63, 3.8) is 0 Å². The summed E-state index contributed by atoms with van der Waals surface area (Å²) in [5, 5.41) is 3.44. The van der Waals surface area contributed by atoms with Crippen molar-refractivity contribution in [2.75, 3.05) is 39.4 Å². The van der Waals surface area contributed by atoms with Gasteiger partial charge in [0.2, 0.25) is 0 Å². The van der Waals surface area contributed by atoms with Gasteiger partial charge in [-0.05, 0) is 24.4 Å². The Labute approximate surface area is 123 Å². The molecule has 1 amide bonds. The van der Waals surface area contributed by atoms with Crippen molar-refractivity contribution in [1.82, 2.24) is 26.1 Å². The van der Waals surface area contributed by atoms with Crippen molar-refractivity contribution in [2.24, 2.45) is 0 Å². The quantitative estimate of drug-likeness (QED) is 0.441. The SMILES string of the molecule is O=C(NNC(=S)NCCN1CCOCC1)c1ccc[nH]1. The van der Waals surface area contributed by atoms with Crippen LogP contribution in [-0.2, 0) is 4.74 Å². The van der Waals surface area contributed by atoms with E-state index in [0.29, 0.717) is 10.8 Å². The normalized spacial score (nSPS) is 15.6. The second-order valence-electron chi connectivity index (χ2n) is 4.37. The van der Waals surface area contributed by atoms with Crippen LogP contribution in [0.25, 0.3) is 0 Å². The molecule has 0 atom stereocenters. The molecule has 1 aromatic heterocycles. The summed E-state index contributed by atoms with van der Waals surface area (Å²) in [6.45, 7) is 5.10. The summed E-state index contributed by atoms with van der Waals surface area (Å²) in [4.78, 5) is 16.7. The first-order valence-corrected chi connectivity index (χ1v) is 6.94. The Morgan fingerprint density at radius 3 is 2.90 bits per heavy atom. The van der Waals surface area contributed by atoms with Crippen molar-refractivity contribution >= 4 is 23.2 Å². The molecule has 1 fully saturated rings. The molecule has 0 bridgehead atoms. The summed E-state index contributed by atoms with van der Waals surface area (Å²) >= 11 is 5.08. The molecule has 4 N–H and O–H groups in total. The zero-order valence-electron chi connectivity index (χ0n) is 11.1. The fourth-order valence-electron chi connectivity index (χ4n) is 1.85. The molecule has 0 aromatic carbocycles. The first-order valence-electron chi connectivity index (χ1n) is 6.53. The topological polar surface area (TPSA) is 81.4 Å². The van der Waals surface area contributed by atoms with E-state index in [1.165, 1.54) is 0 Å². The van der Waals surface area contributed by atoms with Crippen LogP contribution in [0.1, 0.15) is 10.5 Å². The number of rotatable bonds is 4. The maximum Gasteiger partial charge on any atom is 0.286 e. The van der Waals surface area contributed by atoms with Gasteiger partial charge in [-0.15, -0.1) is 0 Å². The number of aromatic amines is 1. The molecule has 0 spiro atoms. The van der Waals surface area contributed by atoms with Crippen molar-refractivity contribution in [3.05, 3.63) is 24.0 Å². The van der Waals surface area contributed by atoms with E-state index >= 15 is 0 Å². The van der Waals surface area contributed by atoms with Gasteiger partial charge in [0, 0.05) is 32.4 Å². The molecule has 110 valence electrons. The summed E-state index contributed by atoms with van der Waals surface area (Å²) in [7, 11) is 0. The number of aromatic nitrogens is 1. The summed E-state index contributed by atoms with van der Waals surface area (Å²) < 4.78 is 5.28. The minimum Gasteiger partial charge on any atom is -0.379 e. The average Bonchev–Trinajstić information content (AvgIpc) is 3.00. The number of H-pyrrole nitrogens is 1. The molecule has 7 nitrogen and oxygen atoms in total. The predicted octanol–water partition coefficient (Wildman–Crippen LogP) is -0.544. The highest BCUT2D eigenvalue weighted by molar-refractivity contribution is 7.80. The molecule has 1 saturated heterocycles. The second kappa shape index (κ2) is 7.83. The fourth-order valence-corrected chi connectivity index (χ4v) is 2.00. The largest absolute Gasteiger partial charge is 0.379 e.